The second kappa shape index (κ2) is 7.45. The fraction of sp³-hybridized carbons (Fsp3) is 0.368. The van der Waals surface area contributed by atoms with Gasteiger partial charge in [-0.05, 0) is 42.1 Å². The van der Waals surface area contributed by atoms with Crippen LogP contribution in [0.25, 0.3) is 10.9 Å². The standard InChI is InChI=1S/C19H27N5/c1-3-24-8-4-5-17(13-24)22-14(2)21-12-18-10-16-7-6-15(11-20)9-19(16)23-18/h3,6-7,9-10,17,21-23H,1-2,4-5,8,11-13,20H2. The number of nitrogens with zero attached hydrogens (tertiary/aromatic N) is 1. The molecule has 2 heterocycles. The largest absolute Gasteiger partial charge is 0.376 e. The van der Waals surface area contributed by atoms with Crippen LogP contribution < -0.4 is 16.4 Å². The Kier molecular flexibility index (Phi) is 5.11. The highest BCUT2D eigenvalue weighted by Gasteiger charge is 2.17. The fourth-order valence-corrected chi connectivity index (χ4v) is 3.25. The van der Waals surface area contributed by atoms with Crippen molar-refractivity contribution in [1.82, 2.24) is 20.5 Å². The number of fused-ring (bicyclic) bond motifs is 1. The Morgan fingerprint density at radius 3 is 3.08 bits per heavy atom. The number of nitrogens with one attached hydrogen (secondary N) is 3. The minimum Gasteiger partial charge on any atom is -0.376 e. The zero-order chi connectivity index (χ0) is 16.9. The molecule has 0 spiro atoms. The van der Waals surface area contributed by atoms with Gasteiger partial charge in [-0.3, -0.25) is 0 Å². The molecule has 5 N–H and O–H groups in total. The third-order valence-corrected chi connectivity index (χ3v) is 4.56. The van der Waals surface area contributed by atoms with Crippen LogP contribution in [0.1, 0.15) is 24.1 Å². The number of aromatic amines is 1. The molecule has 2 aromatic rings. The quantitative estimate of drug-likeness (QED) is 0.631. The lowest BCUT2D eigenvalue weighted by Gasteiger charge is -2.33. The normalized spacial score (nSPS) is 17.7. The Balaban J connectivity index is 1.53. The zero-order valence-electron chi connectivity index (χ0n) is 14.1. The van der Waals surface area contributed by atoms with E-state index in [-0.39, 0.29) is 0 Å². The van der Waals surface area contributed by atoms with E-state index in [1.807, 2.05) is 6.20 Å². The predicted octanol–water partition coefficient (Wildman–Crippen LogP) is 2.38. The Morgan fingerprint density at radius 1 is 1.42 bits per heavy atom. The third kappa shape index (κ3) is 3.92. The lowest BCUT2D eigenvalue weighted by molar-refractivity contribution is 0.259. The minimum absolute atomic E-state index is 0.423. The molecule has 0 amide bonds. The summed E-state index contributed by atoms with van der Waals surface area (Å²) in [7, 11) is 0. The van der Waals surface area contributed by atoms with Crippen LogP contribution in [0.3, 0.4) is 0 Å². The van der Waals surface area contributed by atoms with Crippen molar-refractivity contribution in [2.75, 3.05) is 13.1 Å². The summed E-state index contributed by atoms with van der Waals surface area (Å²) in [5.41, 5.74) is 9.10. The maximum absolute atomic E-state index is 5.70. The van der Waals surface area contributed by atoms with Gasteiger partial charge in [0.25, 0.3) is 0 Å². The van der Waals surface area contributed by atoms with E-state index in [9.17, 15) is 0 Å². The molecule has 1 unspecified atom stereocenters. The second-order valence-corrected chi connectivity index (χ2v) is 6.41. The Labute approximate surface area is 143 Å². The van der Waals surface area contributed by atoms with Gasteiger partial charge in [0, 0.05) is 36.9 Å². The van der Waals surface area contributed by atoms with Gasteiger partial charge in [-0.1, -0.05) is 25.3 Å². The molecule has 1 fully saturated rings. The lowest BCUT2D eigenvalue weighted by atomic mass is 10.1. The van der Waals surface area contributed by atoms with Crippen LogP contribution in [0.4, 0.5) is 0 Å². The van der Waals surface area contributed by atoms with Gasteiger partial charge in [0.1, 0.15) is 0 Å². The Morgan fingerprint density at radius 2 is 2.29 bits per heavy atom. The van der Waals surface area contributed by atoms with Gasteiger partial charge in [0.05, 0.1) is 12.4 Å². The number of rotatable bonds is 7. The molecule has 0 saturated carbocycles. The zero-order valence-corrected chi connectivity index (χ0v) is 14.1. The molecular formula is C19H27N5. The van der Waals surface area contributed by atoms with Gasteiger partial charge >= 0.3 is 0 Å². The van der Waals surface area contributed by atoms with Crippen molar-refractivity contribution in [3.63, 3.8) is 0 Å². The van der Waals surface area contributed by atoms with Gasteiger partial charge in [-0.15, -0.1) is 0 Å². The first kappa shape index (κ1) is 16.5. The highest BCUT2D eigenvalue weighted by atomic mass is 15.2. The minimum atomic E-state index is 0.423. The van der Waals surface area contributed by atoms with Crippen molar-refractivity contribution in [3.8, 4) is 0 Å². The van der Waals surface area contributed by atoms with E-state index in [1.165, 1.54) is 18.2 Å². The highest BCUT2D eigenvalue weighted by Crippen LogP contribution is 2.17. The number of benzene rings is 1. The average Bonchev–Trinajstić information content (AvgIpc) is 3.02. The van der Waals surface area contributed by atoms with Crippen LogP contribution in [-0.2, 0) is 13.1 Å². The molecule has 24 heavy (non-hydrogen) atoms. The maximum Gasteiger partial charge on any atom is 0.0918 e. The monoisotopic (exact) mass is 325 g/mol. The number of piperidine rings is 1. The molecule has 128 valence electrons. The van der Waals surface area contributed by atoms with Gasteiger partial charge in [-0.2, -0.15) is 0 Å². The molecule has 0 radical (unpaired) electrons. The lowest BCUT2D eigenvalue weighted by Crippen LogP contribution is -2.44. The molecule has 1 aromatic heterocycles. The van der Waals surface area contributed by atoms with Crippen molar-refractivity contribution < 1.29 is 0 Å². The number of nitrogens with two attached hydrogens (primary N) is 1. The smallest absolute Gasteiger partial charge is 0.0918 e. The molecule has 5 nitrogen and oxygen atoms in total. The topological polar surface area (TPSA) is 69.1 Å². The summed E-state index contributed by atoms with van der Waals surface area (Å²) >= 11 is 0. The van der Waals surface area contributed by atoms with Crippen molar-refractivity contribution in [2.24, 2.45) is 5.73 Å². The van der Waals surface area contributed by atoms with Crippen molar-refractivity contribution >= 4 is 10.9 Å². The van der Waals surface area contributed by atoms with E-state index < -0.39 is 0 Å². The van der Waals surface area contributed by atoms with Crippen LogP contribution in [0, 0.1) is 0 Å². The average molecular weight is 325 g/mol. The Bertz CT molecular complexity index is 718. The van der Waals surface area contributed by atoms with Crippen molar-refractivity contribution in [3.05, 3.63) is 60.7 Å². The molecule has 1 aliphatic rings. The van der Waals surface area contributed by atoms with Crippen molar-refractivity contribution in [1.29, 1.82) is 0 Å². The number of hydrogen-bond acceptors (Lipinski definition) is 4. The van der Waals surface area contributed by atoms with Crippen LogP contribution in [0.15, 0.2) is 49.4 Å². The molecule has 1 aliphatic heterocycles. The first-order chi connectivity index (χ1) is 11.7. The van der Waals surface area contributed by atoms with Crippen LogP contribution in [-0.4, -0.2) is 29.0 Å². The first-order valence-electron chi connectivity index (χ1n) is 8.54. The second-order valence-electron chi connectivity index (χ2n) is 6.41. The van der Waals surface area contributed by atoms with Crippen LogP contribution >= 0.6 is 0 Å². The summed E-state index contributed by atoms with van der Waals surface area (Å²) < 4.78 is 0. The number of H-pyrrole nitrogens is 1. The van der Waals surface area contributed by atoms with E-state index in [4.69, 9.17) is 5.73 Å². The number of hydrogen-bond donors (Lipinski definition) is 4. The molecule has 1 aromatic carbocycles. The SMILES string of the molecule is C=CN1CCCC(NC(=C)NCc2cc3ccc(CN)cc3[nH]2)C1. The number of likely N-dealkylation sites (tertiary alicyclic amines) is 1. The maximum atomic E-state index is 5.70. The fourth-order valence-electron chi connectivity index (χ4n) is 3.25. The predicted molar refractivity (Wildman–Crippen MR) is 100 cm³/mol. The van der Waals surface area contributed by atoms with Gasteiger partial charge in [0.15, 0.2) is 0 Å². The Hall–Kier alpha value is -2.40. The summed E-state index contributed by atoms with van der Waals surface area (Å²) in [4.78, 5) is 5.69. The molecule has 5 heteroatoms. The van der Waals surface area contributed by atoms with E-state index in [1.54, 1.807) is 0 Å². The summed E-state index contributed by atoms with van der Waals surface area (Å²) in [5.74, 6) is 0.868. The molecule has 0 bridgehead atoms. The van der Waals surface area contributed by atoms with E-state index in [2.05, 4.69) is 57.9 Å². The third-order valence-electron chi connectivity index (χ3n) is 4.56. The van der Waals surface area contributed by atoms with E-state index in [0.29, 0.717) is 12.6 Å². The molecule has 0 aliphatic carbocycles. The van der Waals surface area contributed by atoms with Crippen LogP contribution in [0.5, 0.6) is 0 Å². The van der Waals surface area contributed by atoms with E-state index in [0.717, 1.165) is 42.2 Å². The summed E-state index contributed by atoms with van der Waals surface area (Å²) in [6, 6.07) is 8.87. The molecule has 1 saturated heterocycles. The molecule has 3 rings (SSSR count). The van der Waals surface area contributed by atoms with Gasteiger partial charge in [-0.25, -0.2) is 0 Å². The van der Waals surface area contributed by atoms with Crippen LogP contribution in [0.2, 0.25) is 0 Å². The molecule has 1 atom stereocenters. The van der Waals surface area contributed by atoms with Gasteiger partial charge < -0.3 is 26.3 Å². The number of aromatic nitrogens is 1. The van der Waals surface area contributed by atoms with Crippen molar-refractivity contribution in [2.45, 2.75) is 32.0 Å². The summed E-state index contributed by atoms with van der Waals surface area (Å²) in [6.07, 6.45) is 4.27. The first-order valence-corrected chi connectivity index (χ1v) is 8.54. The van der Waals surface area contributed by atoms with Gasteiger partial charge in [0.2, 0.25) is 0 Å². The summed E-state index contributed by atoms with van der Waals surface area (Å²) in [5, 5.41) is 8.05. The van der Waals surface area contributed by atoms with E-state index >= 15 is 0 Å². The summed E-state index contributed by atoms with van der Waals surface area (Å²) in [6.45, 7) is 11.3. The molecular weight excluding hydrogens is 298 g/mol. The highest BCUT2D eigenvalue weighted by molar-refractivity contribution is 5.81.